The SMILES string of the molecule is CC(NSC1CC1)c1cn(CC(C)(C)C)c2cc(-c3ncccc3C3CC3)c(F)cc12. The summed E-state index contributed by atoms with van der Waals surface area (Å²) in [4.78, 5) is 4.61. The van der Waals surface area contributed by atoms with Crippen LogP contribution in [0.3, 0.4) is 0 Å². The first-order valence-electron chi connectivity index (χ1n) is 11.5. The van der Waals surface area contributed by atoms with Crippen molar-refractivity contribution in [2.24, 2.45) is 5.41 Å². The number of aromatic nitrogens is 2. The number of halogens is 1. The molecule has 164 valence electrons. The van der Waals surface area contributed by atoms with Crippen LogP contribution < -0.4 is 4.72 Å². The van der Waals surface area contributed by atoms with Crippen molar-refractivity contribution in [1.82, 2.24) is 14.3 Å². The molecule has 2 aliphatic carbocycles. The van der Waals surface area contributed by atoms with E-state index in [4.69, 9.17) is 0 Å². The van der Waals surface area contributed by atoms with E-state index in [1.54, 1.807) is 12.3 Å². The Morgan fingerprint density at radius 2 is 2.00 bits per heavy atom. The summed E-state index contributed by atoms with van der Waals surface area (Å²) in [6.45, 7) is 9.81. The van der Waals surface area contributed by atoms with Crippen molar-refractivity contribution in [3.05, 3.63) is 53.6 Å². The summed E-state index contributed by atoms with van der Waals surface area (Å²) in [6.07, 6.45) is 8.95. The normalized spacial score (nSPS) is 18.0. The molecule has 5 rings (SSSR count). The minimum Gasteiger partial charge on any atom is -0.347 e. The van der Waals surface area contributed by atoms with Gasteiger partial charge in [-0.05, 0) is 73.3 Å². The first-order valence-corrected chi connectivity index (χ1v) is 12.4. The Hall–Kier alpha value is -1.85. The van der Waals surface area contributed by atoms with Crippen LogP contribution in [0.1, 0.15) is 76.5 Å². The van der Waals surface area contributed by atoms with Gasteiger partial charge in [0.25, 0.3) is 0 Å². The van der Waals surface area contributed by atoms with Crippen LogP contribution in [-0.2, 0) is 6.54 Å². The average Bonchev–Trinajstić information content (AvgIpc) is 3.63. The predicted molar refractivity (Wildman–Crippen MR) is 129 cm³/mol. The van der Waals surface area contributed by atoms with Crippen molar-refractivity contribution in [3.8, 4) is 11.3 Å². The third-order valence-electron chi connectivity index (χ3n) is 6.16. The van der Waals surface area contributed by atoms with Crippen LogP contribution in [0.25, 0.3) is 22.2 Å². The summed E-state index contributed by atoms with van der Waals surface area (Å²) in [5.41, 5.74) is 5.01. The van der Waals surface area contributed by atoms with Crippen LogP contribution in [0.2, 0.25) is 0 Å². The number of benzene rings is 1. The van der Waals surface area contributed by atoms with Crippen molar-refractivity contribution in [2.45, 2.75) is 77.1 Å². The van der Waals surface area contributed by atoms with Gasteiger partial charge in [0, 0.05) is 46.7 Å². The third-order valence-corrected chi connectivity index (χ3v) is 7.45. The summed E-state index contributed by atoms with van der Waals surface area (Å²) >= 11 is 1.83. The van der Waals surface area contributed by atoms with Gasteiger partial charge in [0.1, 0.15) is 5.82 Å². The summed E-state index contributed by atoms with van der Waals surface area (Å²) in [5, 5.41) is 1.74. The number of pyridine rings is 1. The van der Waals surface area contributed by atoms with Gasteiger partial charge in [0.2, 0.25) is 0 Å². The number of fused-ring (bicyclic) bond motifs is 1. The molecule has 2 fully saturated rings. The van der Waals surface area contributed by atoms with Crippen LogP contribution in [0.5, 0.6) is 0 Å². The monoisotopic (exact) mass is 437 g/mol. The zero-order chi connectivity index (χ0) is 21.8. The van der Waals surface area contributed by atoms with E-state index in [0.29, 0.717) is 11.5 Å². The minimum atomic E-state index is -0.176. The first kappa shape index (κ1) is 21.0. The second kappa shape index (κ2) is 7.93. The lowest BCUT2D eigenvalue weighted by Crippen LogP contribution is -2.15. The fourth-order valence-corrected chi connectivity index (χ4v) is 5.22. The van der Waals surface area contributed by atoms with Gasteiger partial charge in [-0.15, -0.1) is 0 Å². The predicted octanol–water partition coefficient (Wildman–Crippen LogP) is 7.23. The summed E-state index contributed by atoms with van der Waals surface area (Å²) in [7, 11) is 0. The van der Waals surface area contributed by atoms with Crippen LogP contribution in [0.4, 0.5) is 4.39 Å². The molecular formula is C26H32FN3S. The maximum absolute atomic E-state index is 15.5. The van der Waals surface area contributed by atoms with Gasteiger partial charge in [0.05, 0.1) is 5.69 Å². The van der Waals surface area contributed by atoms with E-state index in [0.717, 1.165) is 28.4 Å². The Labute approximate surface area is 189 Å². The highest BCUT2D eigenvalue weighted by atomic mass is 32.2. The molecule has 5 heteroatoms. The lowest BCUT2D eigenvalue weighted by molar-refractivity contribution is 0.349. The number of nitrogens with zero attached hydrogens (tertiary/aromatic N) is 2. The van der Waals surface area contributed by atoms with Gasteiger partial charge in [-0.2, -0.15) is 0 Å². The molecule has 3 nitrogen and oxygen atoms in total. The molecule has 1 N–H and O–H groups in total. The molecule has 0 amide bonds. The molecule has 1 aromatic carbocycles. The second-order valence-electron chi connectivity index (χ2n) is 10.5. The molecule has 0 spiro atoms. The lowest BCUT2D eigenvalue weighted by Gasteiger charge is -2.20. The lowest BCUT2D eigenvalue weighted by atomic mass is 9.96. The zero-order valence-electron chi connectivity index (χ0n) is 18.9. The number of hydrogen-bond acceptors (Lipinski definition) is 3. The quantitative estimate of drug-likeness (QED) is 0.396. The van der Waals surface area contributed by atoms with Crippen LogP contribution in [0, 0.1) is 11.2 Å². The topological polar surface area (TPSA) is 29.9 Å². The second-order valence-corrected chi connectivity index (χ2v) is 11.6. The molecule has 3 aromatic rings. The van der Waals surface area contributed by atoms with E-state index in [1.807, 2.05) is 24.1 Å². The van der Waals surface area contributed by atoms with Gasteiger partial charge < -0.3 is 4.57 Å². The van der Waals surface area contributed by atoms with Gasteiger partial charge in [-0.25, -0.2) is 4.39 Å². The van der Waals surface area contributed by atoms with Crippen molar-refractivity contribution in [2.75, 3.05) is 0 Å². The fourth-order valence-electron chi connectivity index (χ4n) is 4.32. The molecule has 31 heavy (non-hydrogen) atoms. The molecule has 1 atom stereocenters. The van der Waals surface area contributed by atoms with Gasteiger partial charge in [0.15, 0.2) is 0 Å². The van der Waals surface area contributed by atoms with Gasteiger partial charge in [-0.1, -0.05) is 38.8 Å². The van der Waals surface area contributed by atoms with E-state index < -0.39 is 0 Å². The molecule has 2 saturated carbocycles. The Bertz CT molecular complexity index is 1110. The number of rotatable bonds is 7. The van der Waals surface area contributed by atoms with Gasteiger partial charge in [-0.3, -0.25) is 9.71 Å². The Morgan fingerprint density at radius 1 is 1.23 bits per heavy atom. The Morgan fingerprint density at radius 3 is 2.68 bits per heavy atom. The summed E-state index contributed by atoms with van der Waals surface area (Å²) in [5.74, 6) is 0.351. The first-order chi connectivity index (χ1) is 14.8. The van der Waals surface area contributed by atoms with Crippen molar-refractivity contribution in [3.63, 3.8) is 0 Å². The molecule has 1 unspecified atom stereocenters. The van der Waals surface area contributed by atoms with Crippen LogP contribution in [-0.4, -0.2) is 14.8 Å². The highest BCUT2D eigenvalue weighted by Gasteiger charge is 2.29. The highest BCUT2D eigenvalue weighted by molar-refractivity contribution is 7.98. The molecule has 0 radical (unpaired) electrons. The summed E-state index contributed by atoms with van der Waals surface area (Å²) in [6, 6.07) is 8.03. The van der Waals surface area contributed by atoms with E-state index >= 15 is 4.39 Å². The highest BCUT2D eigenvalue weighted by Crippen LogP contribution is 2.45. The Balaban J connectivity index is 1.61. The number of nitrogens with one attached hydrogen (secondary N) is 1. The maximum atomic E-state index is 15.5. The maximum Gasteiger partial charge on any atom is 0.133 e. The molecule has 0 bridgehead atoms. The zero-order valence-corrected chi connectivity index (χ0v) is 19.7. The molecule has 2 aromatic heterocycles. The van der Waals surface area contributed by atoms with Crippen molar-refractivity contribution in [1.29, 1.82) is 0 Å². The molecule has 0 aliphatic heterocycles. The molecule has 0 saturated heterocycles. The third kappa shape index (κ3) is 4.54. The number of hydrogen-bond donors (Lipinski definition) is 1. The average molecular weight is 438 g/mol. The van der Waals surface area contributed by atoms with Crippen molar-refractivity contribution >= 4 is 22.9 Å². The molecular weight excluding hydrogens is 405 g/mol. The van der Waals surface area contributed by atoms with Gasteiger partial charge >= 0.3 is 0 Å². The van der Waals surface area contributed by atoms with E-state index in [2.05, 4.69) is 54.2 Å². The van der Waals surface area contributed by atoms with E-state index in [1.165, 1.54) is 36.8 Å². The van der Waals surface area contributed by atoms with Crippen molar-refractivity contribution < 1.29 is 4.39 Å². The van der Waals surface area contributed by atoms with E-state index in [9.17, 15) is 0 Å². The standard InChI is InChI=1S/C26H32FN3S/c1-16(29-31-18-9-10-18)22-14-30(15-26(2,3)4)24-13-21(23(27)12-20(22)24)25-19(17-7-8-17)6-5-11-28-25/h5-6,11-14,16-18,29H,7-10,15H2,1-4H3. The van der Waals surface area contributed by atoms with E-state index in [-0.39, 0.29) is 17.3 Å². The van der Waals surface area contributed by atoms with Crippen LogP contribution >= 0.6 is 11.9 Å². The smallest absolute Gasteiger partial charge is 0.133 e. The fraction of sp³-hybridized carbons (Fsp3) is 0.500. The Kier molecular flexibility index (Phi) is 5.38. The minimum absolute atomic E-state index is 0.126. The van der Waals surface area contributed by atoms with Crippen LogP contribution in [0.15, 0.2) is 36.7 Å². The molecule has 2 heterocycles. The summed E-state index contributed by atoms with van der Waals surface area (Å²) < 4.78 is 21.4. The molecule has 2 aliphatic rings. The largest absolute Gasteiger partial charge is 0.347 e.